The molecule has 0 spiro atoms. The number of carbonyl (C=O) groups excluding carboxylic acids is 1. The highest BCUT2D eigenvalue weighted by Crippen LogP contribution is 2.22. The van der Waals surface area contributed by atoms with E-state index in [1.54, 1.807) is 13.0 Å². The second-order valence-corrected chi connectivity index (χ2v) is 6.35. The minimum atomic E-state index is -0.249. The molecule has 0 bridgehead atoms. The van der Waals surface area contributed by atoms with Gasteiger partial charge in [0.1, 0.15) is 5.82 Å². The van der Waals surface area contributed by atoms with Gasteiger partial charge >= 0.3 is 0 Å². The van der Waals surface area contributed by atoms with Crippen LogP contribution in [0.1, 0.15) is 43.2 Å². The second-order valence-electron chi connectivity index (χ2n) is 6.35. The quantitative estimate of drug-likeness (QED) is 0.810. The molecule has 0 atom stereocenters. The number of nitrogens with one attached hydrogen (secondary N) is 1. The van der Waals surface area contributed by atoms with E-state index in [1.807, 2.05) is 6.07 Å². The number of benzene rings is 1. The molecule has 23 heavy (non-hydrogen) atoms. The summed E-state index contributed by atoms with van der Waals surface area (Å²) in [5.41, 5.74) is 1.36. The maximum Gasteiger partial charge on any atom is 0.234 e. The summed E-state index contributed by atoms with van der Waals surface area (Å²) < 4.78 is 13.5. The summed E-state index contributed by atoms with van der Waals surface area (Å²) in [4.78, 5) is 14.2. The molecule has 4 nitrogen and oxygen atoms in total. The third kappa shape index (κ3) is 5.59. The van der Waals surface area contributed by atoms with Crippen molar-refractivity contribution in [3.63, 3.8) is 0 Å². The Morgan fingerprint density at radius 2 is 2.09 bits per heavy atom. The Labute approximate surface area is 137 Å². The molecule has 1 saturated carbocycles. The van der Waals surface area contributed by atoms with Crippen LogP contribution in [0.2, 0.25) is 0 Å². The topological polar surface area (TPSA) is 52.6 Å². The van der Waals surface area contributed by atoms with Crippen LogP contribution in [0.25, 0.3) is 0 Å². The Kier molecular flexibility index (Phi) is 6.99. The molecule has 128 valence electrons. The molecule has 2 N–H and O–H groups in total. The lowest BCUT2D eigenvalue weighted by molar-refractivity contribution is -0.123. The van der Waals surface area contributed by atoms with Crippen molar-refractivity contribution in [3.8, 4) is 0 Å². The highest BCUT2D eigenvalue weighted by molar-refractivity contribution is 5.78. The summed E-state index contributed by atoms with van der Waals surface area (Å²) in [5.74, 6) is -0.328. The van der Waals surface area contributed by atoms with Gasteiger partial charge in [-0.15, -0.1) is 0 Å². The normalized spacial score (nSPS) is 15.8. The first-order valence-corrected chi connectivity index (χ1v) is 8.47. The minimum absolute atomic E-state index is 0.0625. The fourth-order valence-electron chi connectivity index (χ4n) is 3.15. The van der Waals surface area contributed by atoms with E-state index in [0.717, 1.165) is 18.4 Å². The van der Waals surface area contributed by atoms with Gasteiger partial charge in [-0.25, -0.2) is 4.39 Å². The van der Waals surface area contributed by atoms with Crippen molar-refractivity contribution in [3.05, 3.63) is 35.1 Å². The first-order valence-electron chi connectivity index (χ1n) is 8.47. The number of aliphatic hydroxyl groups excluding tert-OH is 1. The maximum absolute atomic E-state index is 13.5. The van der Waals surface area contributed by atoms with Crippen molar-refractivity contribution in [2.45, 2.75) is 51.6 Å². The Balaban J connectivity index is 1.84. The molecule has 1 aliphatic rings. The second kappa shape index (κ2) is 8.99. The van der Waals surface area contributed by atoms with Gasteiger partial charge in [0.2, 0.25) is 5.91 Å². The van der Waals surface area contributed by atoms with E-state index >= 15 is 0 Å². The van der Waals surface area contributed by atoms with Crippen LogP contribution in [0.3, 0.4) is 0 Å². The van der Waals surface area contributed by atoms with Gasteiger partial charge in [-0.05, 0) is 37.0 Å². The van der Waals surface area contributed by atoms with Crippen LogP contribution >= 0.6 is 0 Å². The van der Waals surface area contributed by atoms with E-state index in [-0.39, 0.29) is 18.3 Å². The number of hydrogen-bond donors (Lipinski definition) is 2. The van der Waals surface area contributed by atoms with Crippen LogP contribution in [0.5, 0.6) is 0 Å². The van der Waals surface area contributed by atoms with Crippen LogP contribution < -0.4 is 5.32 Å². The molecular formula is C18H27FN2O2. The fourth-order valence-corrected chi connectivity index (χ4v) is 3.15. The zero-order valence-electron chi connectivity index (χ0n) is 13.9. The number of rotatable bonds is 7. The third-order valence-electron chi connectivity index (χ3n) is 4.55. The summed E-state index contributed by atoms with van der Waals surface area (Å²) in [5, 5.41) is 12.1. The first kappa shape index (κ1) is 17.9. The number of aliphatic hydroxyl groups is 1. The summed E-state index contributed by atoms with van der Waals surface area (Å²) in [6.45, 7) is 2.92. The average molecular weight is 322 g/mol. The van der Waals surface area contributed by atoms with Gasteiger partial charge in [0.15, 0.2) is 0 Å². The van der Waals surface area contributed by atoms with Crippen LogP contribution in [0.15, 0.2) is 18.2 Å². The molecule has 0 aliphatic heterocycles. The Morgan fingerprint density at radius 1 is 1.35 bits per heavy atom. The molecule has 0 heterocycles. The molecule has 5 heteroatoms. The molecule has 0 unspecified atom stereocenters. The fraction of sp³-hybridized carbons (Fsp3) is 0.611. The maximum atomic E-state index is 13.5. The van der Waals surface area contributed by atoms with E-state index in [4.69, 9.17) is 0 Å². The van der Waals surface area contributed by atoms with Gasteiger partial charge < -0.3 is 10.4 Å². The van der Waals surface area contributed by atoms with Crippen molar-refractivity contribution in [2.75, 3.05) is 19.7 Å². The summed E-state index contributed by atoms with van der Waals surface area (Å²) in [6.07, 6.45) is 5.83. The van der Waals surface area contributed by atoms with E-state index < -0.39 is 0 Å². The van der Waals surface area contributed by atoms with E-state index in [1.165, 1.54) is 25.3 Å². The largest absolute Gasteiger partial charge is 0.395 e. The molecular weight excluding hydrogens is 295 g/mol. The van der Waals surface area contributed by atoms with Gasteiger partial charge in [0, 0.05) is 19.1 Å². The molecule has 1 amide bonds. The third-order valence-corrected chi connectivity index (χ3v) is 4.55. The van der Waals surface area contributed by atoms with Crippen LogP contribution in [0.4, 0.5) is 4.39 Å². The lowest BCUT2D eigenvalue weighted by Crippen LogP contribution is -2.45. The van der Waals surface area contributed by atoms with E-state index in [0.29, 0.717) is 31.2 Å². The molecule has 1 aliphatic carbocycles. The Bertz CT molecular complexity index is 516. The zero-order valence-corrected chi connectivity index (χ0v) is 13.9. The van der Waals surface area contributed by atoms with Gasteiger partial charge in [-0.2, -0.15) is 0 Å². The molecule has 1 aromatic rings. The van der Waals surface area contributed by atoms with Crippen molar-refractivity contribution >= 4 is 5.91 Å². The predicted molar refractivity (Wildman–Crippen MR) is 88.5 cm³/mol. The lowest BCUT2D eigenvalue weighted by atomic mass is 9.94. The molecule has 2 rings (SSSR count). The highest BCUT2D eigenvalue weighted by atomic mass is 19.1. The minimum Gasteiger partial charge on any atom is -0.395 e. The smallest absolute Gasteiger partial charge is 0.234 e. The van der Waals surface area contributed by atoms with Gasteiger partial charge in [0.25, 0.3) is 0 Å². The van der Waals surface area contributed by atoms with Crippen LogP contribution in [0, 0.1) is 12.7 Å². The SMILES string of the molecule is Cc1ccc(CNC(=O)CN(CCO)C2CCCCC2)cc1F. The molecule has 0 radical (unpaired) electrons. The van der Waals surface area contributed by atoms with E-state index in [2.05, 4.69) is 10.2 Å². The molecule has 0 aromatic heterocycles. The molecule has 1 aromatic carbocycles. The number of carbonyl (C=O) groups is 1. The van der Waals surface area contributed by atoms with Crippen molar-refractivity contribution in [2.24, 2.45) is 0 Å². The summed E-state index contributed by atoms with van der Waals surface area (Å²) >= 11 is 0. The first-order chi connectivity index (χ1) is 11.1. The van der Waals surface area contributed by atoms with Crippen molar-refractivity contribution in [1.82, 2.24) is 10.2 Å². The Hall–Kier alpha value is -1.46. The number of hydrogen-bond acceptors (Lipinski definition) is 3. The standard InChI is InChI=1S/C18H27FN2O2/c1-14-7-8-15(11-17(14)19)12-20-18(23)13-21(9-10-22)16-5-3-2-4-6-16/h7-8,11,16,22H,2-6,9-10,12-13H2,1H3,(H,20,23). The molecule has 1 fully saturated rings. The number of halogens is 1. The highest BCUT2D eigenvalue weighted by Gasteiger charge is 2.22. The monoisotopic (exact) mass is 322 g/mol. The van der Waals surface area contributed by atoms with E-state index in [9.17, 15) is 14.3 Å². The van der Waals surface area contributed by atoms with Crippen molar-refractivity contribution < 1.29 is 14.3 Å². The summed E-state index contributed by atoms with van der Waals surface area (Å²) in [7, 11) is 0. The predicted octanol–water partition coefficient (Wildman–Crippen LogP) is 2.38. The Morgan fingerprint density at radius 3 is 2.74 bits per heavy atom. The lowest BCUT2D eigenvalue weighted by Gasteiger charge is -2.33. The number of nitrogens with zero attached hydrogens (tertiary/aromatic N) is 1. The van der Waals surface area contributed by atoms with Crippen LogP contribution in [-0.4, -0.2) is 41.7 Å². The van der Waals surface area contributed by atoms with Gasteiger partial charge in [0.05, 0.1) is 13.2 Å². The zero-order chi connectivity index (χ0) is 16.7. The van der Waals surface area contributed by atoms with Crippen LogP contribution in [-0.2, 0) is 11.3 Å². The number of aryl methyl sites for hydroxylation is 1. The van der Waals surface area contributed by atoms with Gasteiger partial charge in [-0.1, -0.05) is 31.4 Å². The number of amides is 1. The average Bonchev–Trinajstić information content (AvgIpc) is 2.56. The molecule has 0 saturated heterocycles. The van der Waals surface area contributed by atoms with Gasteiger partial charge in [-0.3, -0.25) is 9.69 Å². The summed E-state index contributed by atoms with van der Waals surface area (Å²) in [6, 6.07) is 5.39. The van der Waals surface area contributed by atoms with Crippen molar-refractivity contribution in [1.29, 1.82) is 0 Å².